The molecule has 0 saturated carbocycles. The maximum absolute atomic E-state index is 12.3. The number of aromatic nitrogens is 1. The number of carbonyl (C=O) groups excluding carboxylic acids is 2. The number of pyridine rings is 1. The number of para-hydroxylation sites is 2. The predicted molar refractivity (Wildman–Crippen MR) is 115 cm³/mol. The Labute approximate surface area is 169 Å². The lowest BCUT2D eigenvalue weighted by atomic mass is 10.2. The second-order valence-corrected chi connectivity index (χ2v) is 6.02. The molecule has 7 nitrogen and oxygen atoms in total. The summed E-state index contributed by atoms with van der Waals surface area (Å²) in [5, 5.41) is 5.48. The highest BCUT2D eigenvalue weighted by molar-refractivity contribution is 6.06. The Morgan fingerprint density at radius 3 is 2.41 bits per heavy atom. The zero-order valence-electron chi connectivity index (χ0n) is 15.1. The molecule has 0 atom stereocenters. The molecule has 4 N–H and O–H groups in total. The van der Waals surface area contributed by atoms with Crippen LogP contribution >= 0.6 is 0 Å². The van der Waals surface area contributed by atoms with Crippen LogP contribution < -0.4 is 16.4 Å². The summed E-state index contributed by atoms with van der Waals surface area (Å²) in [6.07, 6.45) is 3.36. The largest absolute Gasteiger partial charge is 0.397 e. The van der Waals surface area contributed by atoms with E-state index in [1.54, 1.807) is 60.9 Å². The number of amides is 2. The van der Waals surface area contributed by atoms with Gasteiger partial charge in [0, 0.05) is 23.6 Å². The van der Waals surface area contributed by atoms with E-state index < -0.39 is 0 Å². The van der Waals surface area contributed by atoms with Crippen molar-refractivity contribution in [1.29, 1.82) is 0 Å². The third-order valence-corrected chi connectivity index (χ3v) is 3.86. The number of hydrogen-bond donors (Lipinski definition) is 3. The first-order valence-corrected chi connectivity index (χ1v) is 8.64. The summed E-state index contributed by atoms with van der Waals surface area (Å²) in [5.74, 6) is -0.561. The number of nitrogens with two attached hydrogens (primary N) is 1. The van der Waals surface area contributed by atoms with Crippen LogP contribution in [0.4, 0.5) is 17.1 Å². The highest BCUT2D eigenvalue weighted by Gasteiger charge is 2.09. The van der Waals surface area contributed by atoms with Crippen molar-refractivity contribution in [2.24, 2.45) is 0 Å². The van der Waals surface area contributed by atoms with Gasteiger partial charge in [0.15, 0.2) is 0 Å². The summed E-state index contributed by atoms with van der Waals surface area (Å²) in [6.45, 7) is 0.230. The molecule has 7 heteroatoms. The van der Waals surface area contributed by atoms with Gasteiger partial charge < -0.3 is 21.1 Å². The molecule has 2 aromatic carbocycles. The lowest BCUT2D eigenvalue weighted by Crippen LogP contribution is -2.18. The highest BCUT2D eigenvalue weighted by atomic mass is 16.5. The van der Waals surface area contributed by atoms with E-state index in [2.05, 4.69) is 15.6 Å². The highest BCUT2D eigenvalue weighted by Crippen LogP contribution is 2.18. The van der Waals surface area contributed by atoms with Crippen LogP contribution in [0.5, 0.6) is 0 Å². The maximum Gasteiger partial charge on any atom is 0.255 e. The Morgan fingerprint density at radius 1 is 0.966 bits per heavy atom. The molecule has 0 aliphatic heterocycles. The van der Waals surface area contributed by atoms with Gasteiger partial charge in [0.2, 0.25) is 5.91 Å². The summed E-state index contributed by atoms with van der Waals surface area (Å²) >= 11 is 0. The van der Waals surface area contributed by atoms with E-state index in [-0.39, 0.29) is 25.8 Å². The summed E-state index contributed by atoms with van der Waals surface area (Å²) in [6, 6.07) is 17.3. The molecule has 3 aromatic rings. The monoisotopic (exact) mass is 392 g/mol. The maximum atomic E-state index is 12.3. The minimum atomic E-state index is -0.282. The fourth-order valence-electron chi connectivity index (χ4n) is 2.45. The van der Waals surface area contributed by atoms with Crippen LogP contribution in [0, 0.1) is 0 Å². The molecule has 0 unspecified atom stereocenters. The number of nitrogens with one attached hydrogen (secondary N) is 2. The molecule has 1 heterocycles. The van der Waals surface area contributed by atoms with Gasteiger partial charge in [-0.1, -0.05) is 25.6 Å². The number of nitrogens with zero attached hydrogens (tertiary/aromatic N) is 1. The average Bonchev–Trinajstić information content (AvgIpc) is 2.71. The van der Waals surface area contributed by atoms with E-state index in [9.17, 15) is 9.59 Å². The molecule has 0 fully saturated rings. The second kappa shape index (κ2) is 10.6. The molecule has 150 valence electrons. The lowest BCUT2D eigenvalue weighted by Gasteiger charge is -2.09. The van der Waals surface area contributed by atoms with Gasteiger partial charge >= 0.3 is 0 Å². The van der Waals surface area contributed by atoms with Crippen LogP contribution in [-0.4, -0.2) is 23.4 Å². The normalized spacial score (nSPS) is 9.93. The number of carbonyl (C=O) groups is 2. The SMILES string of the molecule is C.Nc1ccccc1NC(=O)c1ccc(NC(=O)COCc2cccnc2)cc1. The van der Waals surface area contributed by atoms with E-state index in [0.717, 1.165) is 5.56 Å². The van der Waals surface area contributed by atoms with Crippen molar-refractivity contribution in [3.8, 4) is 0 Å². The van der Waals surface area contributed by atoms with Gasteiger partial charge in [-0.05, 0) is 48.0 Å². The fraction of sp³-hybridized carbons (Fsp3) is 0.136. The predicted octanol–water partition coefficient (Wildman–Crippen LogP) is 3.71. The molecular weight excluding hydrogens is 368 g/mol. The van der Waals surface area contributed by atoms with Gasteiger partial charge in [0.05, 0.1) is 18.0 Å². The van der Waals surface area contributed by atoms with Crippen LogP contribution in [0.15, 0.2) is 73.1 Å². The Bertz CT molecular complexity index is 944. The first kappa shape index (κ1) is 21.6. The standard InChI is InChI=1S/C21H20N4O3.CH4/c22-18-5-1-2-6-19(18)25-21(27)16-7-9-17(10-8-16)24-20(26)14-28-13-15-4-3-11-23-12-15;/h1-12H,13-14,22H2,(H,24,26)(H,25,27);1H4. The number of hydrogen-bond acceptors (Lipinski definition) is 5. The Balaban J connectivity index is 0.00000300. The van der Waals surface area contributed by atoms with E-state index in [1.807, 2.05) is 12.1 Å². The van der Waals surface area contributed by atoms with Gasteiger partial charge in [-0.3, -0.25) is 14.6 Å². The van der Waals surface area contributed by atoms with Crippen molar-refractivity contribution in [2.75, 3.05) is 23.0 Å². The van der Waals surface area contributed by atoms with E-state index >= 15 is 0 Å². The Hall–Kier alpha value is -3.71. The van der Waals surface area contributed by atoms with Crippen LogP contribution in [0.3, 0.4) is 0 Å². The molecule has 0 aliphatic rings. The molecule has 3 rings (SSSR count). The van der Waals surface area contributed by atoms with Crippen molar-refractivity contribution in [1.82, 2.24) is 4.98 Å². The number of benzene rings is 2. The van der Waals surface area contributed by atoms with Gasteiger partial charge in [0.1, 0.15) is 6.61 Å². The third-order valence-electron chi connectivity index (χ3n) is 3.86. The van der Waals surface area contributed by atoms with Gasteiger partial charge in [-0.15, -0.1) is 0 Å². The molecule has 0 aliphatic carbocycles. The molecule has 29 heavy (non-hydrogen) atoms. The Kier molecular flexibility index (Phi) is 7.88. The van der Waals surface area contributed by atoms with Crippen molar-refractivity contribution in [3.05, 3.63) is 84.2 Å². The average molecular weight is 392 g/mol. The van der Waals surface area contributed by atoms with Gasteiger partial charge in [-0.2, -0.15) is 0 Å². The first-order valence-electron chi connectivity index (χ1n) is 8.64. The molecular formula is C22H24N4O3. The van der Waals surface area contributed by atoms with Crippen molar-refractivity contribution < 1.29 is 14.3 Å². The van der Waals surface area contributed by atoms with E-state index in [0.29, 0.717) is 29.2 Å². The molecule has 0 spiro atoms. The van der Waals surface area contributed by atoms with Crippen LogP contribution in [-0.2, 0) is 16.1 Å². The van der Waals surface area contributed by atoms with Crippen molar-refractivity contribution in [2.45, 2.75) is 14.0 Å². The topological polar surface area (TPSA) is 106 Å². The van der Waals surface area contributed by atoms with Crippen LogP contribution in [0.25, 0.3) is 0 Å². The van der Waals surface area contributed by atoms with Crippen LogP contribution in [0.2, 0.25) is 0 Å². The smallest absolute Gasteiger partial charge is 0.255 e. The summed E-state index contributed by atoms with van der Waals surface area (Å²) < 4.78 is 5.37. The quantitative estimate of drug-likeness (QED) is 0.532. The molecule has 1 aromatic heterocycles. The zero-order chi connectivity index (χ0) is 19.8. The molecule has 0 saturated heterocycles. The van der Waals surface area contributed by atoms with Crippen LogP contribution in [0.1, 0.15) is 23.3 Å². The number of rotatable bonds is 7. The Morgan fingerprint density at radius 2 is 1.72 bits per heavy atom. The van der Waals surface area contributed by atoms with Crippen molar-refractivity contribution >= 4 is 28.9 Å². The minimum absolute atomic E-state index is 0. The zero-order valence-corrected chi connectivity index (χ0v) is 15.1. The first-order chi connectivity index (χ1) is 13.6. The fourth-order valence-corrected chi connectivity index (χ4v) is 2.45. The van der Waals surface area contributed by atoms with E-state index in [4.69, 9.17) is 10.5 Å². The lowest BCUT2D eigenvalue weighted by molar-refractivity contribution is -0.121. The summed E-state index contributed by atoms with van der Waals surface area (Å²) in [4.78, 5) is 28.2. The number of anilines is 3. The van der Waals surface area contributed by atoms with Gasteiger partial charge in [-0.25, -0.2) is 0 Å². The molecule has 0 radical (unpaired) electrons. The third kappa shape index (κ3) is 6.44. The summed E-state index contributed by atoms with van der Waals surface area (Å²) in [7, 11) is 0. The van der Waals surface area contributed by atoms with Crippen molar-refractivity contribution in [3.63, 3.8) is 0 Å². The van der Waals surface area contributed by atoms with E-state index in [1.165, 1.54) is 0 Å². The second-order valence-electron chi connectivity index (χ2n) is 6.02. The minimum Gasteiger partial charge on any atom is -0.397 e. The summed E-state index contributed by atoms with van der Waals surface area (Å²) in [5.41, 5.74) is 8.79. The van der Waals surface area contributed by atoms with Gasteiger partial charge in [0.25, 0.3) is 5.91 Å². The molecule has 0 bridgehead atoms. The number of nitrogen functional groups attached to an aromatic ring is 1. The molecule has 2 amide bonds. The number of ether oxygens (including phenoxy) is 1.